The highest BCUT2D eigenvalue weighted by Gasteiger charge is 2.20. The van der Waals surface area contributed by atoms with Crippen molar-refractivity contribution in [2.75, 3.05) is 24.5 Å². The van der Waals surface area contributed by atoms with Gasteiger partial charge in [0.1, 0.15) is 0 Å². The molecule has 1 unspecified atom stereocenters. The average Bonchev–Trinajstić information content (AvgIpc) is 2.47. The maximum Gasteiger partial charge on any atom is 0.0722 e. The van der Waals surface area contributed by atoms with Gasteiger partial charge in [0.15, 0.2) is 0 Å². The molecule has 1 saturated heterocycles. The highest BCUT2D eigenvalue weighted by atomic mass is 15.1. The Morgan fingerprint density at radius 3 is 3.05 bits per heavy atom. The van der Waals surface area contributed by atoms with Crippen LogP contribution in [0.5, 0.6) is 0 Å². The molecular formula is C16H21N3. The first-order chi connectivity index (χ1) is 9.38. The zero-order valence-electron chi connectivity index (χ0n) is 11.3. The Bertz CT molecular complexity index is 545. The fourth-order valence-electron chi connectivity index (χ4n) is 3.11. The summed E-state index contributed by atoms with van der Waals surface area (Å²) in [7, 11) is 0. The van der Waals surface area contributed by atoms with Gasteiger partial charge in [-0.05, 0) is 43.9 Å². The number of rotatable bonds is 3. The third-order valence-electron chi connectivity index (χ3n) is 4.06. The lowest BCUT2D eigenvalue weighted by molar-refractivity contribution is 0.396. The lowest BCUT2D eigenvalue weighted by atomic mass is 9.94. The molecule has 0 saturated carbocycles. The molecule has 1 fully saturated rings. The van der Waals surface area contributed by atoms with Crippen LogP contribution in [0, 0.1) is 5.92 Å². The molecular weight excluding hydrogens is 234 g/mol. The van der Waals surface area contributed by atoms with E-state index in [4.69, 9.17) is 5.73 Å². The summed E-state index contributed by atoms with van der Waals surface area (Å²) in [6.07, 6.45) is 5.64. The standard InChI is InChI=1S/C16H21N3/c17-9-7-13-4-3-11-19(12-13)16-8-10-18-15-6-2-1-5-14(15)16/h1-2,5-6,8,10,13H,3-4,7,9,11-12,17H2. The lowest BCUT2D eigenvalue weighted by Crippen LogP contribution is -2.36. The van der Waals surface area contributed by atoms with Crippen LogP contribution in [0.1, 0.15) is 19.3 Å². The van der Waals surface area contributed by atoms with Gasteiger partial charge in [-0.2, -0.15) is 0 Å². The van der Waals surface area contributed by atoms with E-state index in [-0.39, 0.29) is 0 Å². The summed E-state index contributed by atoms with van der Waals surface area (Å²) in [5.41, 5.74) is 8.12. The van der Waals surface area contributed by atoms with E-state index in [1.165, 1.54) is 23.9 Å². The van der Waals surface area contributed by atoms with Gasteiger partial charge in [-0.25, -0.2) is 0 Å². The monoisotopic (exact) mass is 255 g/mol. The molecule has 2 N–H and O–H groups in total. The van der Waals surface area contributed by atoms with Gasteiger partial charge in [-0.3, -0.25) is 4.98 Å². The minimum absolute atomic E-state index is 0.741. The number of fused-ring (bicyclic) bond motifs is 1. The minimum atomic E-state index is 0.741. The molecule has 1 atom stereocenters. The van der Waals surface area contributed by atoms with E-state index in [2.05, 4.69) is 34.1 Å². The maximum atomic E-state index is 5.71. The number of nitrogens with zero attached hydrogens (tertiary/aromatic N) is 2. The van der Waals surface area contributed by atoms with E-state index in [9.17, 15) is 0 Å². The van der Waals surface area contributed by atoms with Crippen LogP contribution in [0.15, 0.2) is 36.5 Å². The molecule has 0 amide bonds. The Morgan fingerprint density at radius 2 is 2.16 bits per heavy atom. The molecule has 3 nitrogen and oxygen atoms in total. The molecule has 100 valence electrons. The zero-order valence-corrected chi connectivity index (χ0v) is 11.3. The molecule has 0 bridgehead atoms. The predicted octanol–water partition coefficient (Wildman–Crippen LogP) is 2.80. The Balaban J connectivity index is 1.91. The average molecular weight is 255 g/mol. The summed E-state index contributed by atoms with van der Waals surface area (Å²) in [4.78, 5) is 6.95. The van der Waals surface area contributed by atoms with Crippen molar-refractivity contribution >= 4 is 16.6 Å². The van der Waals surface area contributed by atoms with E-state index in [1.807, 2.05) is 12.3 Å². The number of nitrogens with two attached hydrogens (primary N) is 1. The first-order valence-electron chi connectivity index (χ1n) is 7.17. The Morgan fingerprint density at radius 1 is 1.26 bits per heavy atom. The molecule has 19 heavy (non-hydrogen) atoms. The van der Waals surface area contributed by atoms with Crippen LogP contribution in [0.2, 0.25) is 0 Å². The second kappa shape index (κ2) is 5.57. The highest BCUT2D eigenvalue weighted by Crippen LogP contribution is 2.29. The van der Waals surface area contributed by atoms with Crippen molar-refractivity contribution in [3.63, 3.8) is 0 Å². The van der Waals surface area contributed by atoms with Crippen molar-refractivity contribution in [3.05, 3.63) is 36.5 Å². The van der Waals surface area contributed by atoms with Crippen LogP contribution >= 0.6 is 0 Å². The van der Waals surface area contributed by atoms with Gasteiger partial charge in [0, 0.05) is 30.4 Å². The van der Waals surface area contributed by atoms with Crippen molar-refractivity contribution in [2.45, 2.75) is 19.3 Å². The second-order valence-electron chi connectivity index (χ2n) is 5.38. The predicted molar refractivity (Wildman–Crippen MR) is 80.4 cm³/mol. The fourth-order valence-corrected chi connectivity index (χ4v) is 3.11. The van der Waals surface area contributed by atoms with Gasteiger partial charge in [-0.15, -0.1) is 0 Å². The quantitative estimate of drug-likeness (QED) is 0.917. The van der Waals surface area contributed by atoms with Crippen molar-refractivity contribution in [1.82, 2.24) is 4.98 Å². The third kappa shape index (κ3) is 2.56. The fraction of sp³-hybridized carbons (Fsp3) is 0.438. The molecule has 2 heterocycles. The van der Waals surface area contributed by atoms with E-state index < -0.39 is 0 Å². The number of para-hydroxylation sites is 1. The van der Waals surface area contributed by atoms with Crippen LogP contribution < -0.4 is 10.6 Å². The summed E-state index contributed by atoms with van der Waals surface area (Å²) in [5.74, 6) is 0.741. The van der Waals surface area contributed by atoms with Crippen LogP contribution in [0.4, 0.5) is 5.69 Å². The van der Waals surface area contributed by atoms with Gasteiger partial charge in [0.05, 0.1) is 5.52 Å². The summed E-state index contributed by atoms with van der Waals surface area (Å²) in [5, 5.41) is 1.26. The summed E-state index contributed by atoms with van der Waals surface area (Å²) < 4.78 is 0. The number of aromatic nitrogens is 1. The molecule has 3 heteroatoms. The molecule has 0 radical (unpaired) electrons. The third-order valence-corrected chi connectivity index (χ3v) is 4.06. The number of hydrogen-bond donors (Lipinski definition) is 1. The molecule has 2 aromatic rings. The highest BCUT2D eigenvalue weighted by molar-refractivity contribution is 5.91. The van der Waals surface area contributed by atoms with Gasteiger partial charge in [-0.1, -0.05) is 18.2 Å². The minimum Gasteiger partial charge on any atom is -0.371 e. The summed E-state index contributed by atoms with van der Waals surface area (Å²) >= 11 is 0. The van der Waals surface area contributed by atoms with Gasteiger partial charge < -0.3 is 10.6 Å². The second-order valence-corrected chi connectivity index (χ2v) is 5.38. The van der Waals surface area contributed by atoms with Crippen molar-refractivity contribution in [2.24, 2.45) is 11.7 Å². The Hall–Kier alpha value is -1.61. The van der Waals surface area contributed by atoms with Crippen LogP contribution in [0.3, 0.4) is 0 Å². The van der Waals surface area contributed by atoms with Crippen molar-refractivity contribution in [1.29, 1.82) is 0 Å². The molecule has 1 aromatic heterocycles. The molecule has 1 aliphatic rings. The Labute approximate surface area is 114 Å². The van der Waals surface area contributed by atoms with Gasteiger partial charge in [0.2, 0.25) is 0 Å². The van der Waals surface area contributed by atoms with Crippen molar-refractivity contribution < 1.29 is 0 Å². The van der Waals surface area contributed by atoms with E-state index in [0.29, 0.717) is 0 Å². The number of pyridine rings is 1. The summed E-state index contributed by atoms with van der Waals surface area (Å²) in [6, 6.07) is 10.5. The molecule has 1 aromatic carbocycles. The topological polar surface area (TPSA) is 42.1 Å². The molecule has 0 spiro atoms. The number of piperidine rings is 1. The van der Waals surface area contributed by atoms with E-state index >= 15 is 0 Å². The first kappa shape index (κ1) is 12.4. The largest absolute Gasteiger partial charge is 0.371 e. The maximum absolute atomic E-state index is 5.71. The summed E-state index contributed by atoms with van der Waals surface area (Å²) in [6.45, 7) is 3.08. The smallest absolute Gasteiger partial charge is 0.0722 e. The van der Waals surface area contributed by atoms with Crippen LogP contribution in [-0.2, 0) is 0 Å². The van der Waals surface area contributed by atoms with E-state index in [1.54, 1.807) is 0 Å². The van der Waals surface area contributed by atoms with Crippen LogP contribution in [-0.4, -0.2) is 24.6 Å². The first-order valence-corrected chi connectivity index (χ1v) is 7.17. The molecule has 3 rings (SSSR count). The Kier molecular flexibility index (Phi) is 3.65. The number of benzene rings is 1. The van der Waals surface area contributed by atoms with Gasteiger partial charge in [0.25, 0.3) is 0 Å². The number of anilines is 1. The SMILES string of the molecule is NCCC1CCCN(c2ccnc3ccccc23)C1. The molecule has 0 aliphatic carbocycles. The normalized spacial score (nSPS) is 19.8. The van der Waals surface area contributed by atoms with Crippen LogP contribution in [0.25, 0.3) is 10.9 Å². The van der Waals surface area contributed by atoms with E-state index in [0.717, 1.165) is 37.5 Å². The van der Waals surface area contributed by atoms with Gasteiger partial charge >= 0.3 is 0 Å². The molecule has 1 aliphatic heterocycles. The lowest BCUT2D eigenvalue weighted by Gasteiger charge is -2.35. The number of hydrogen-bond acceptors (Lipinski definition) is 3. The zero-order chi connectivity index (χ0) is 13.1. The van der Waals surface area contributed by atoms with Crippen molar-refractivity contribution in [3.8, 4) is 0 Å².